The molecule has 1 fully saturated rings. The van der Waals surface area contributed by atoms with Gasteiger partial charge >= 0.3 is 0 Å². The van der Waals surface area contributed by atoms with Gasteiger partial charge in [-0.05, 0) is 6.42 Å². The van der Waals surface area contributed by atoms with Crippen LogP contribution in [0.5, 0.6) is 0 Å². The fourth-order valence-electron chi connectivity index (χ4n) is 1.74. The molecule has 0 aromatic carbocycles. The zero-order valence-corrected chi connectivity index (χ0v) is 9.27. The zero-order chi connectivity index (χ0) is 10.6. The minimum atomic E-state index is 0.116. The van der Waals surface area contributed by atoms with E-state index in [1.54, 1.807) is 0 Å². The molecule has 1 saturated heterocycles. The van der Waals surface area contributed by atoms with Crippen molar-refractivity contribution in [1.29, 1.82) is 0 Å². The van der Waals surface area contributed by atoms with Gasteiger partial charge < -0.3 is 11.1 Å². The lowest BCUT2D eigenvalue weighted by atomic mass is 10.2. The standard InChI is InChI=1S/C9H17N3OS/c1-2-7(9(10)14)12-5-3-8(13)11-4-6-12/h7H,2-6H2,1H3,(H2,10,14)(H,11,13). The first kappa shape index (κ1) is 11.4. The molecule has 1 atom stereocenters. The second-order valence-electron chi connectivity index (χ2n) is 3.46. The SMILES string of the molecule is CCC(C(N)=S)N1CCNC(=O)CC1. The average Bonchev–Trinajstić information content (AvgIpc) is 2.32. The smallest absolute Gasteiger partial charge is 0.221 e. The molecule has 4 nitrogen and oxygen atoms in total. The summed E-state index contributed by atoms with van der Waals surface area (Å²) in [5.74, 6) is 0.116. The maximum atomic E-state index is 11.1. The first-order valence-electron chi connectivity index (χ1n) is 4.95. The van der Waals surface area contributed by atoms with Crippen molar-refractivity contribution in [3.8, 4) is 0 Å². The Labute approximate surface area is 89.8 Å². The highest BCUT2D eigenvalue weighted by Crippen LogP contribution is 2.07. The van der Waals surface area contributed by atoms with E-state index in [0.717, 1.165) is 19.5 Å². The molecule has 1 aliphatic heterocycles. The van der Waals surface area contributed by atoms with E-state index in [1.807, 2.05) is 0 Å². The third kappa shape index (κ3) is 2.92. The topological polar surface area (TPSA) is 58.4 Å². The first-order valence-corrected chi connectivity index (χ1v) is 5.36. The molecule has 0 aliphatic carbocycles. The molecule has 1 heterocycles. The highest BCUT2D eigenvalue weighted by Gasteiger charge is 2.21. The molecule has 80 valence electrons. The van der Waals surface area contributed by atoms with E-state index < -0.39 is 0 Å². The number of thiocarbonyl (C=S) groups is 1. The summed E-state index contributed by atoms with van der Waals surface area (Å²) in [5.41, 5.74) is 5.65. The van der Waals surface area contributed by atoms with Crippen LogP contribution in [0.2, 0.25) is 0 Å². The monoisotopic (exact) mass is 215 g/mol. The van der Waals surface area contributed by atoms with Gasteiger partial charge in [0.15, 0.2) is 0 Å². The summed E-state index contributed by atoms with van der Waals surface area (Å²) in [4.78, 5) is 13.8. The van der Waals surface area contributed by atoms with Crippen molar-refractivity contribution in [3.63, 3.8) is 0 Å². The Kier molecular flexibility index (Phi) is 4.28. The van der Waals surface area contributed by atoms with Crippen LogP contribution in [0.4, 0.5) is 0 Å². The number of nitrogens with one attached hydrogen (secondary N) is 1. The third-order valence-corrected chi connectivity index (χ3v) is 2.78. The number of nitrogens with zero attached hydrogens (tertiary/aromatic N) is 1. The summed E-state index contributed by atoms with van der Waals surface area (Å²) >= 11 is 5.00. The molecular formula is C9H17N3OS. The highest BCUT2D eigenvalue weighted by atomic mass is 32.1. The summed E-state index contributed by atoms with van der Waals surface area (Å²) in [6.45, 7) is 4.34. The Morgan fingerprint density at radius 1 is 1.71 bits per heavy atom. The first-order chi connectivity index (χ1) is 6.65. The van der Waals surface area contributed by atoms with Crippen molar-refractivity contribution >= 4 is 23.1 Å². The van der Waals surface area contributed by atoms with Gasteiger partial charge in [-0.15, -0.1) is 0 Å². The largest absolute Gasteiger partial charge is 0.392 e. The lowest BCUT2D eigenvalue weighted by Gasteiger charge is -2.28. The van der Waals surface area contributed by atoms with Crippen LogP contribution in [-0.4, -0.2) is 41.5 Å². The van der Waals surface area contributed by atoms with Crippen LogP contribution in [0, 0.1) is 0 Å². The molecule has 1 aliphatic rings. The zero-order valence-electron chi connectivity index (χ0n) is 8.45. The van der Waals surface area contributed by atoms with Crippen molar-refractivity contribution in [1.82, 2.24) is 10.2 Å². The van der Waals surface area contributed by atoms with Crippen molar-refractivity contribution in [2.75, 3.05) is 19.6 Å². The number of amides is 1. The van der Waals surface area contributed by atoms with E-state index in [2.05, 4.69) is 17.1 Å². The van der Waals surface area contributed by atoms with Gasteiger partial charge in [0.2, 0.25) is 5.91 Å². The molecule has 14 heavy (non-hydrogen) atoms. The van der Waals surface area contributed by atoms with Gasteiger partial charge in [0.25, 0.3) is 0 Å². The summed E-state index contributed by atoms with van der Waals surface area (Å²) in [5, 5.41) is 2.83. The Hall–Kier alpha value is -0.680. The van der Waals surface area contributed by atoms with E-state index in [9.17, 15) is 4.79 Å². The molecule has 1 amide bonds. The number of nitrogens with two attached hydrogens (primary N) is 1. The number of hydrogen-bond acceptors (Lipinski definition) is 3. The Morgan fingerprint density at radius 2 is 2.43 bits per heavy atom. The number of rotatable bonds is 3. The second kappa shape index (κ2) is 5.26. The second-order valence-corrected chi connectivity index (χ2v) is 3.93. The lowest BCUT2D eigenvalue weighted by Crippen LogP contribution is -2.44. The van der Waals surface area contributed by atoms with Gasteiger partial charge in [0.1, 0.15) is 0 Å². The Bertz CT molecular complexity index is 232. The van der Waals surface area contributed by atoms with Gasteiger partial charge in [-0.1, -0.05) is 19.1 Å². The van der Waals surface area contributed by atoms with Crippen LogP contribution >= 0.6 is 12.2 Å². The number of hydrogen-bond donors (Lipinski definition) is 2. The fourth-order valence-corrected chi connectivity index (χ4v) is 2.05. The summed E-state index contributed by atoms with van der Waals surface area (Å²) in [6, 6.07) is 0.137. The molecule has 1 unspecified atom stereocenters. The molecule has 0 radical (unpaired) electrons. The highest BCUT2D eigenvalue weighted by molar-refractivity contribution is 7.80. The summed E-state index contributed by atoms with van der Waals surface area (Å²) in [6.07, 6.45) is 1.45. The van der Waals surface area contributed by atoms with Crippen LogP contribution in [-0.2, 0) is 4.79 Å². The molecule has 1 rings (SSSR count). The molecule has 3 N–H and O–H groups in total. The predicted molar refractivity (Wildman–Crippen MR) is 60.1 cm³/mol. The molecule has 0 bridgehead atoms. The van der Waals surface area contributed by atoms with Gasteiger partial charge in [0.05, 0.1) is 11.0 Å². The summed E-state index contributed by atoms with van der Waals surface area (Å²) in [7, 11) is 0. The van der Waals surface area contributed by atoms with Gasteiger partial charge in [-0.25, -0.2) is 0 Å². The van der Waals surface area contributed by atoms with Crippen LogP contribution in [0.25, 0.3) is 0 Å². The molecule has 0 saturated carbocycles. The normalized spacial score (nSPS) is 21.1. The van der Waals surface area contributed by atoms with E-state index in [4.69, 9.17) is 18.0 Å². The third-order valence-electron chi connectivity index (χ3n) is 2.50. The van der Waals surface area contributed by atoms with Crippen LogP contribution in [0.3, 0.4) is 0 Å². The minimum absolute atomic E-state index is 0.116. The molecule has 0 spiro atoms. The van der Waals surface area contributed by atoms with Gasteiger partial charge in [-0.2, -0.15) is 0 Å². The molecule has 0 aromatic heterocycles. The quantitative estimate of drug-likeness (QED) is 0.644. The molecule has 5 heteroatoms. The maximum absolute atomic E-state index is 11.1. The summed E-state index contributed by atoms with van der Waals surface area (Å²) < 4.78 is 0. The van der Waals surface area contributed by atoms with Crippen molar-refractivity contribution in [2.24, 2.45) is 5.73 Å². The van der Waals surface area contributed by atoms with Crippen molar-refractivity contribution in [3.05, 3.63) is 0 Å². The van der Waals surface area contributed by atoms with Crippen LogP contribution in [0.15, 0.2) is 0 Å². The van der Waals surface area contributed by atoms with E-state index in [1.165, 1.54) is 0 Å². The van der Waals surface area contributed by atoms with Gasteiger partial charge in [-0.3, -0.25) is 9.69 Å². The minimum Gasteiger partial charge on any atom is -0.392 e. The number of carbonyl (C=O) groups excluding carboxylic acids is 1. The Morgan fingerprint density at radius 3 is 3.00 bits per heavy atom. The van der Waals surface area contributed by atoms with Crippen molar-refractivity contribution < 1.29 is 4.79 Å². The number of carbonyl (C=O) groups is 1. The fraction of sp³-hybridized carbons (Fsp3) is 0.778. The predicted octanol–water partition coefficient (Wildman–Crippen LogP) is -0.127. The Balaban J connectivity index is 2.57. The van der Waals surface area contributed by atoms with E-state index in [0.29, 0.717) is 18.0 Å². The lowest BCUT2D eigenvalue weighted by molar-refractivity contribution is -0.120. The van der Waals surface area contributed by atoms with Crippen LogP contribution in [0.1, 0.15) is 19.8 Å². The average molecular weight is 215 g/mol. The van der Waals surface area contributed by atoms with E-state index in [-0.39, 0.29) is 11.9 Å². The molecular weight excluding hydrogens is 198 g/mol. The van der Waals surface area contributed by atoms with Crippen molar-refractivity contribution in [2.45, 2.75) is 25.8 Å². The van der Waals surface area contributed by atoms with Crippen LogP contribution < -0.4 is 11.1 Å². The van der Waals surface area contributed by atoms with Gasteiger partial charge in [0, 0.05) is 26.1 Å². The maximum Gasteiger partial charge on any atom is 0.221 e. The molecule has 0 aromatic rings. The van der Waals surface area contributed by atoms with E-state index >= 15 is 0 Å².